The van der Waals surface area contributed by atoms with Crippen molar-refractivity contribution in [1.29, 1.82) is 5.26 Å². The predicted molar refractivity (Wildman–Crippen MR) is 87.3 cm³/mol. The van der Waals surface area contributed by atoms with Crippen molar-refractivity contribution in [2.45, 2.75) is 38.2 Å². The number of pyridine rings is 1. The highest BCUT2D eigenvalue weighted by Gasteiger charge is 2.26. The first-order chi connectivity index (χ1) is 11.8. The van der Waals surface area contributed by atoms with Crippen molar-refractivity contribution >= 4 is 5.91 Å². The summed E-state index contributed by atoms with van der Waals surface area (Å²) in [5, 5.41) is 9.04. The summed E-state index contributed by atoms with van der Waals surface area (Å²) in [6, 6.07) is 5.52. The van der Waals surface area contributed by atoms with Gasteiger partial charge >= 0.3 is 0 Å². The van der Waals surface area contributed by atoms with Crippen LogP contribution in [0.4, 0.5) is 0 Å². The standard InChI is InChI=1S/C18H23N3O3/c19-12-15-3-1-7-20-18(15)24-13-14-5-8-21(9-6-14)17(22)11-16-4-2-10-23-16/h1,3,7,14,16H,2,4-6,8-11,13H2. The summed E-state index contributed by atoms with van der Waals surface area (Å²) in [7, 11) is 0. The summed E-state index contributed by atoms with van der Waals surface area (Å²) in [4.78, 5) is 18.3. The SMILES string of the molecule is N#Cc1cccnc1OCC1CCN(C(=O)CC2CCCO2)CC1. The Morgan fingerprint density at radius 1 is 1.42 bits per heavy atom. The van der Waals surface area contributed by atoms with E-state index in [1.165, 1.54) is 0 Å². The van der Waals surface area contributed by atoms with Crippen LogP contribution in [0, 0.1) is 17.2 Å². The molecule has 3 heterocycles. The molecular formula is C18H23N3O3. The molecule has 1 amide bonds. The molecular weight excluding hydrogens is 306 g/mol. The fourth-order valence-electron chi connectivity index (χ4n) is 3.27. The average molecular weight is 329 g/mol. The van der Waals surface area contributed by atoms with Crippen LogP contribution in [-0.2, 0) is 9.53 Å². The van der Waals surface area contributed by atoms with Crippen molar-refractivity contribution in [2.24, 2.45) is 5.92 Å². The molecule has 2 fully saturated rings. The second-order valence-electron chi connectivity index (χ2n) is 6.44. The number of carbonyl (C=O) groups excluding carboxylic acids is 1. The Labute approximate surface area is 142 Å². The van der Waals surface area contributed by atoms with E-state index in [2.05, 4.69) is 11.1 Å². The molecule has 0 aromatic carbocycles. The number of nitrogens with zero attached hydrogens (tertiary/aromatic N) is 3. The van der Waals surface area contributed by atoms with Crippen molar-refractivity contribution < 1.29 is 14.3 Å². The molecule has 0 aliphatic carbocycles. The number of ether oxygens (including phenoxy) is 2. The molecule has 24 heavy (non-hydrogen) atoms. The predicted octanol–water partition coefficient (Wildman–Crippen LogP) is 2.14. The number of likely N-dealkylation sites (tertiary alicyclic amines) is 1. The maximum absolute atomic E-state index is 12.3. The third-order valence-corrected chi connectivity index (χ3v) is 4.74. The summed E-state index contributed by atoms with van der Waals surface area (Å²) in [6.45, 7) is 2.87. The number of aromatic nitrogens is 1. The van der Waals surface area contributed by atoms with Crippen LogP contribution in [0.2, 0.25) is 0 Å². The summed E-state index contributed by atoms with van der Waals surface area (Å²) in [5.41, 5.74) is 0.460. The number of carbonyl (C=O) groups is 1. The molecule has 128 valence electrons. The minimum Gasteiger partial charge on any atom is -0.476 e. The van der Waals surface area contributed by atoms with Crippen LogP contribution in [0.5, 0.6) is 5.88 Å². The van der Waals surface area contributed by atoms with Crippen molar-refractivity contribution in [3.05, 3.63) is 23.9 Å². The number of hydrogen-bond donors (Lipinski definition) is 0. The van der Waals surface area contributed by atoms with Crippen LogP contribution in [0.15, 0.2) is 18.3 Å². The first-order valence-corrected chi connectivity index (χ1v) is 8.63. The van der Waals surface area contributed by atoms with Crippen molar-refractivity contribution in [1.82, 2.24) is 9.88 Å². The second-order valence-corrected chi connectivity index (χ2v) is 6.44. The van der Waals surface area contributed by atoms with Gasteiger partial charge in [-0.05, 0) is 43.7 Å². The lowest BCUT2D eigenvalue weighted by atomic mass is 9.97. The molecule has 3 rings (SSSR count). The third-order valence-electron chi connectivity index (χ3n) is 4.74. The molecule has 2 aliphatic rings. The zero-order chi connectivity index (χ0) is 16.8. The van der Waals surface area contributed by atoms with Gasteiger partial charge in [-0.2, -0.15) is 5.26 Å². The van der Waals surface area contributed by atoms with Gasteiger partial charge in [0.15, 0.2) is 0 Å². The van der Waals surface area contributed by atoms with E-state index in [1.54, 1.807) is 18.3 Å². The monoisotopic (exact) mass is 329 g/mol. The maximum atomic E-state index is 12.3. The topological polar surface area (TPSA) is 75.5 Å². The van der Waals surface area contributed by atoms with Crippen LogP contribution in [-0.4, -0.2) is 48.2 Å². The number of rotatable bonds is 5. The fourth-order valence-corrected chi connectivity index (χ4v) is 3.27. The highest BCUT2D eigenvalue weighted by Crippen LogP contribution is 2.22. The van der Waals surface area contributed by atoms with E-state index in [9.17, 15) is 4.79 Å². The molecule has 1 atom stereocenters. The van der Waals surface area contributed by atoms with E-state index in [-0.39, 0.29) is 12.0 Å². The summed E-state index contributed by atoms with van der Waals surface area (Å²) >= 11 is 0. The summed E-state index contributed by atoms with van der Waals surface area (Å²) < 4.78 is 11.3. The molecule has 2 saturated heterocycles. The van der Waals surface area contributed by atoms with Crippen LogP contribution in [0.3, 0.4) is 0 Å². The largest absolute Gasteiger partial charge is 0.476 e. The Hall–Kier alpha value is -2.13. The Kier molecular flexibility index (Phi) is 5.65. The lowest BCUT2D eigenvalue weighted by Gasteiger charge is -2.32. The summed E-state index contributed by atoms with van der Waals surface area (Å²) in [5.74, 6) is 1.000. The van der Waals surface area contributed by atoms with Crippen molar-refractivity contribution in [3.8, 4) is 11.9 Å². The van der Waals surface area contributed by atoms with Gasteiger partial charge in [-0.3, -0.25) is 4.79 Å². The minimum atomic E-state index is 0.118. The molecule has 6 nitrogen and oxygen atoms in total. The van der Waals surface area contributed by atoms with E-state index in [0.29, 0.717) is 30.4 Å². The zero-order valence-corrected chi connectivity index (χ0v) is 13.8. The number of piperidine rings is 1. The molecule has 0 radical (unpaired) electrons. The van der Waals surface area contributed by atoms with Crippen molar-refractivity contribution in [3.63, 3.8) is 0 Å². The van der Waals surface area contributed by atoms with Gasteiger partial charge in [0.2, 0.25) is 11.8 Å². The average Bonchev–Trinajstić information content (AvgIpc) is 3.13. The van der Waals surface area contributed by atoms with Crippen LogP contribution in [0.1, 0.15) is 37.7 Å². The molecule has 1 aromatic heterocycles. The van der Waals surface area contributed by atoms with E-state index in [0.717, 1.165) is 45.4 Å². The highest BCUT2D eigenvalue weighted by molar-refractivity contribution is 5.76. The van der Waals surface area contributed by atoms with Gasteiger partial charge in [-0.15, -0.1) is 0 Å². The van der Waals surface area contributed by atoms with Crippen LogP contribution < -0.4 is 4.74 Å². The quantitative estimate of drug-likeness (QED) is 0.827. The Bertz CT molecular complexity index is 600. The van der Waals surface area contributed by atoms with Crippen LogP contribution in [0.25, 0.3) is 0 Å². The van der Waals surface area contributed by atoms with Gasteiger partial charge < -0.3 is 14.4 Å². The molecule has 0 bridgehead atoms. The van der Waals surface area contributed by atoms with Gasteiger partial charge in [0.05, 0.1) is 19.1 Å². The first kappa shape index (κ1) is 16.7. The van der Waals surface area contributed by atoms with Gasteiger partial charge in [0, 0.05) is 25.9 Å². The van der Waals surface area contributed by atoms with Crippen LogP contribution >= 0.6 is 0 Å². The molecule has 6 heteroatoms. The summed E-state index contributed by atoms with van der Waals surface area (Å²) in [6.07, 6.45) is 6.17. The third kappa shape index (κ3) is 4.24. The van der Waals surface area contributed by atoms with E-state index < -0.39 is 0 Å². The molecule has 2 aliphatic heterocycles. The maximum Gasteiger partial charge on any atom is 0.231 e. The zero-order valence-electron chi connectivity index (χ0n) is 13.8. The first-order valence-electron chi connectivity index (χ1n) is 8.63. The van der Waals surface area contributed by atoms with Gasteiger partial charge in [-0.1, -0.05) is 0 Å². The van der Waals surface area contributed by atoms with E-state index >= 15 is 0 Å². The molecule has 0 N–H and O–H groups in total. The normalized spacial score (nSPS) is 21.5. The Morgan fingerprint density at radius 2 is 2.25 bits per heavy atom. The lowest BCUT2D eigenvalue weighted by Crippen LogP contribution is -2.40. The molecule has 1 unspecified atom stereocenters. The lowest BCUT2D eigenvalue weighted by molar-refractivity contribution is -0.135. The van der Waals surface area contributed by atoms with Gasteiger partial charge in [0.25, 0.3) is 0 Å². The Balaban J connectivity index is 1.42. The fraction of sp³-hybridized carbons (Fsp3) is 0.611. The Morgan fingerprint density at radius 3 is 2.96 bits per heavy atom. The van der Waals surface area contributed by atoms with E-state index in [4.69, 9.17) is 14.7 Å². The number of hydrogen-bond acceptors (Lipinski definition) is 5. The molecule has 0 spiro atoms. The number of amides is 1. The van der Waals surface area contributed by atoms with Gasteiger partial charge in [-0.25, -0.2) is 4.98 Å². The minimum absolute atomic E-state index is 0.118. The molecule has 1 aromatic rings. The second kappa shape index (κ2) is 8.11. The van der Waals surface area contributed by atoms with Crippen molar-refractivity contribution in [2.75, 3.05) is 26.3 Å². The van der Waals surface area contributed by atoms with E-state index in [1.807, 2.05) is 4.90 Å². The molecule has 0 saturated carbocycles. The smallest absolute Gasteiger partial charge is 0.231 e. The number of nitriles is 1. The van der Waals surface area contributed by atoms with Gasteiger partial charge in [0.1, 0.15) is 11.6 Å². The highest BCUT2D eigenvalue weighted by atomic mass is 16.5.